The summed E-state index contributed by atoms with van der Waals surface area (Å²) in [5, 5.41) is 13.8. The number of aryl methyl sites for hydroxylation is 1. The van der Waals surface area contributed by atoms with Crippen LogP contribution in [0.15, 0.2) is 54.9 Å². The van der Waals surface area contributed by atoms with Crippen molar-refractivity contribution in [3.8, 4) is 11.3 Å². The summed E-state index contributed by atoms with van der Waals surface area (Å²) in [5.74, 6) is -0.185. The fourth-order valence-electron chi connectivity index (χ4n) is 2.83. The molecule has 0 unspecified atom stereocenters. The molecule has 0 atom stereocenters. The van der Waals surface area contributed by atoms with Gasteiger partial charge in [-0.3, -0.25) is 24.3 Å². The zero-order valence-corrected chi connectivity index (χ0v) is 15.6. The van der Waals surface area contributed by atoms with E-state index in [1.54, 1.807) is 24.5 Å². The number of pyridine rings is 1. The van der Waals surface area contributed by atoms with Crippen LogP contribution in [0.2, 0.25) is 0 Å². The van der Waals surface area contributed by atoms with Gasteiger partial charge in [0.05, 0.1) is 22.9 Å². The second kappa shape index (κ2) is 7.20. The third kappa shape index (κ3) is 3.35. The molecular formula is C19H15N5O3S. The number of carbonyl (C=O) groups is 1. The van der Waals surface area contributed by atoms with Crippen molar-refractivity contribution in [2.24, 2.45) is 0 Å². The molecule has 0 fully saturated rings. The van der Waals surface area contributed by atoms with Crippen molar-refractivity contribution in [2.45, 2.75) is 13.5 Å². The predicted octanol–water partition coefficient (Wildman–Crippen LogP) is 3.60. The lowest BCUT2D eigenvalue weighted by Crippen LogP contribution is -2.23. The number of nitro benzene ring substituents is 1. The molecule has 0 aliphatic carbocycles. The van der Waals surface area contributed by atoms with Gasteiger partial charge in [0, 0.05) is 35.8 Å². The summed E-state index contributed by atoms with van der Waals surface area (Å²) >= 11 is 1.28. The van der Waals surface area contributed by atoms with Crippen LogP contribution in [0.4, 0.5) is 5.69 Å². The van der Waals surface area contributed by atoms with Gasteiger partial charge in [-0.15, -0.1) is 0 Å². The number of hydrogen-bond acceptors (Lipinski definition) is 6. The highest BCUT2D eigenvalue weighted by molar-refractivity contribution is 7.19. The number of amides is 1. The van der Waals surface area contributed by atoms with Crippen molar-refractivity contribution in [3.05, 3.63) is 81.2 Å². The number of imidazole rings is 1. The van der Waals surface area contributed by atoms with E-state index in [4.69, 9.17) is 0 Å². The second-order valence-electron chi connectivity index (χ2n) is 6.11. The monoisotopic (exact) mass is 393 g/mol. The van der Waals surface area contributed by atoms with E-state index in [0.29, 0.717) is 27.6 Å². The van der Waals surface area contributed by atoms with E-state index in [1.807, 2.05) is 29.5 Å². The number of nitro groups is 1. The SMILES string of the molecule is Cc1c(C(=O)NCc2ccccn2)sc2nc(-c3cccc([N+](=O)[O-])c3)cn12. The van der Waals surface area contributed by atoms with E-state index >= 15 is 0 Å². The molecular weight excluding hydrogens is 378 g/mol. The van der Waals surface area contributed by atoms with Crippen LogP contribution >= 0.6 is 11.3 Å². The Balaban J connectivity index is 1.58. The van der Waals surface area contributed by atoms with Gasteiger partial charge in [-0.05, 0) is 19.1 Å². The van der Waals surface area contributed by atoms with Crippen molar-refractivity contribution in [1.29, 1.82) is 0 Å². The highest BCUT2D eigenvalue weighted by atomic mass is 32.1. The summed E-state index contributed by atoms with van der Waals surface area (Å²) in [5.41, 5.74) is 2.84. The van der Waals surface area contributed by atoms with Crippen LogP contribution in [-0.4, -0.2) is 25.2 Å². The Hall–Kier alpha value is -3.59. The number of nitrogens with zero attached hydrogens (tertiary/aromatic N) is 4. The van der Waals surface area contributed by atoms with Gasteiger partial charge in [0.25, 0.3) is 11.6 Å². The van der Waals surface area contributed by atoms with Gasteiger partial charge < -0.3 is 5.32 Å². The molecule has 1 amide bonds. The van der Waals surface area contributed by atoms with Crippen LogP contribution < -0.4 is 5.32 Å². The maximum atomic E-state index is 12.5. The number of thiazole rings is 1. The Labute approximate surface area is 163 Å². The fourth-order valence-corrected chi connectivity index (χ4v) is 3.86. The van der Waals surface area contributed by atoms with E-state index in [9.17, 15) is 14.9 Å². The third-order valence-electron chi connectivity index (χ3n) is 4.27. The predicted molar refractivity (Wildman–Crippen MR) is 105 cm³/mol. The Morgan fingerprint density at radius 2 is 2.14 bits per heavy atom. The van der Waals surface area contributed by atoms with Crippen LogP contribution in [0.3, 0.4) is 0 Å². The lowest BCUT2D eigenvalue weighted by molar-refractivity contribution is -0.384. The van der Waals surface area contributed by atoms with Crippen molar-refractivity contribution in [3.63, 3.8) is 0 Å². The zero-order chi connectivity index (χ0) is 19.7. The first-order valence-electron chi connectivity index (χ1n) is 8.44. The summed E-state index contributed by atoms with van der Waals surface area (Å²) < 4.78 is 1.83. The summed E-state index contributed by atoms with van der Waals surface area (Å²) in [6.45, 7) is 2.19. The number of nitrogens with one attached hydrogen (secondary N) is 1. The molecule has 4 rings (SSSR count). The zero-order valence-electron chi connectivity index (χ0n) is 14.8. The van der Waals surface area contributed by atoms with E-state index in [2.05, 4.69) is 15.3 Å². The van der Waals surface area contributed by atoms with Crippen LogP contribution in [0, 0.1) is 17.0 Å². The summed E-state index contributed by atoms with van der Waals surface area (Å²) in [7, 11) is 0. The number of rotatable bonds is 5. The average Bonchev–Trinajstić information content (AvgIpc) is 3.27. The minimum atomic E-state index is -0.433. The molecule has 0 bridgehead atoms. The maximum Gasteiger partial charge on any atom is 0.270 e. The molecule has 140 valence electrons. The van der Waals surface area contributed by atoms with Crippen molar-refractivity contribution in [1.82, 2.24) is 19.7 Å². The average molecular weight is 393 g/mol. The van der Waals surface area contributed by atoms with E-state index in [0.717, 1.165) is 11.4 Å². The summed E-state index contributed by atoms with van der Waals surface area (Å²) in [4.78, 5) is 33.0. The lowest BCUT2D eigenvalue weighted by Gasteiger charge is -2.03. The molecule has 3 aromatic heterocycles. The van der Waals surface area contributed by atoms with Gasteiger partial charge in [-0.25, -0.2) is 4.98 Å². The molecule has 8 nitrogen and oxygen atoms in total. The Kier molecular flexibility index (Phi) is 4.58. The normalized spacial score (nSPS) is 10.9. The highest BCUT2D eigenvalue weighted by Crippen LogP contribution is 2.28. The van der Waals surface area contributed by atoms with Crippen LogP contribution in [0.5, 0.6) is 0 Å². The molecule has 0 radical (unpaired) electrons. The van der Waals surface area contributed by atoms with E-state index in [-0.39, 0.29) is 11.6 Å². The quantitative estimate of drug-likeness (QED) is 0.412. The van der Waals surface area contributed by atoms with Gasteiger partial charge in [0.15, 0.2) is 4.96 Å². The molecule has 4 aromatic rings. The number of hydrogen-bond donors (Lipinski definition) is 1. The molecule has 0 aliphatic heterocycles. The first-order valence-corrected chi connectivity index (χ1v) is 9.26. The molecule has 0 saturated carbocycles. The molecule has 0 aliphatic rings. The molecule has 28 heavy (non-hydrogen) atoms. The van der Waals surface area contributed by atoms with Gasteiger partial charge in [0.1, 0.15) is 4.88 Å². The first-order chi connectivity index (χ1) is 13.5. The number of aromatic nitrogens is 3. The lowest BCUT2D eigenvalue weighted by atomic mass is 10.1. The maximum absolute atomic E-state index is 12.5. The molecule has 0 saturated heterocycles. The van der Waals surface area contributed by atoms with Crippen molar-refractivity contribution in [2.75, 3.05) is 0 Å². The molecule has 3 heterocycles. The molecule has 1 N–H and O–H groups in total. The number of benzene rings is 1. The Morgan fingerprint density at radius 1 is 1.29 bits per heavy atom. The topological polar surface area (TPSA) is 102 Å². The molecule has 1 aromatic carbocycles. The smallest absolute Gasteiger partial charge is 0.270 e. The minimum absolute atomic E-state index is 0.0140. The van der Waals surface area contributed by atoms with Gasteiger partial charge in [0.2, 0.25) is 0 Å². The number of carbonyl (C=O) groups excluding carboxylic acids is 1. The second-order valence-corrected chi connectivity index (χ2v) is 7.08. The van der Waals surface area contributed by atoms with Crippen LogP contribution in [0.1, 0.15) is 21.1 Å². The standard InChI is InChI=1S/C19H15N5O3S/c1-12-17(18(25)21-10-14-6-2-3-8-20-14)28-19-22-16(11-23(12)19)13-5-4-7-15(9-13)24(26)27/h2-9,11H,10H2,1H3,(H,21,25). The van der Waals surface area contributed by atoms with E-state index in [1.165, 1.54) is 23.5 Å². The summed E-state index contributed by atoms with van der Waals surface area (Å²) in [6, 6.07) is 11.9. The summed E-state index contributed by atoms with van der Waals surface area (Å²) in [6.07, 6.45) is 3.47. The number of fused-ring (bicyclic) bond motifs is 1. The molecule has 0 spiro atoms. The first kappa shape index (κ1) is 17.8. The Bertz CT molecular complexity index is 1180. The van der Waals surface area contributed by atoms with Gasteiger partial charge >= 0.3 is 0 Å². The molecule has 9 heteroatoms. The van der Waals surface area contributed by atoms with Crippen molar-refractivity contribution >= 4 is 27.9 Å². The third-order valence-corrected chi connectivity index (χ3v) is 5.43. The van der Waals surface area contributed by atoms with Crippen LogP contribution in [-0.2, 0) is 6.54 Å². The van der Waals surface area contributed by atoms with Gasteiger partial charge in [-0.1, -0.05) is 29.5 Å². The minimum Gasteiger partial charge on any atom is -0.346 e. The fraction of sp³-hybridized carbons (Fsp3) is 0.105. The highest BCUT2D eigenvalue weighted by Gasteiger charge is 2.18. The van der Waals surface area contributed by atoms with E-state index < -0.39 is 4.92 Å². The Morgan fingerprint density at radius 3 is 2.86 bits per heavy atom. The largest absolute Gasteiger partial charge is 0.346 e. The van der Waals surface area contributed by atoms with Crippen LogP contribution in [0.25, 0.3) is 16.2 Å². The van der Waals surface area contributed by atoms with Crippen molar-refractivity contribution < 1.29 is 9.72 Å². The van der Waals surface area contributed by atoms with Gasteiger partial charge in [-0.2, -0.15) is 0 Å². The number of non-ortho nitro benzene ring substituents is 1.